The van der Waals surface area contributed by atoms with Crippen molar-refractivity contribution in [3.8, 4) is 0 Å². The van der Waals surface area contributed by atoms with Gasteiger partial charge in [-0.25, -0.2) is 0 Å². The Bertz CT molecular complexity index is 246. The Hall–Kier alpha value is -1.38. The van der Waals surface area contributed by atoms with Crippen molar-refractivity contribution >= 4 is 5.91 Å². The van der Waals surface area contributed by atoms with Crippen LogP contribution in [0.25, 0.3) is 0 Å². The molecule has 2 radical (unpaired) electrons. The summed E-state index contributed by atoms with van der Waals surface area (Å²) in [5, 5.41) is 2.51. The van der Waals surface area contributed by atoms with Crippen molar-refractivity contribution in [1.29, 1.82) is 0 Å². The molecular weight excluding hydrogens is 152 g/mol. The summed E-state index contributed by atoms with van der Waals surface area (Å²) >= 11 is 0. The van der Waals surface area contributed by atoms with Gasteiger partial charge in [0.05, 0.1) is 6.92 Å². The molecule has 1 aromatic heterocycles. The van der Waals surface area contributed by atoms with Gasteiger partial charge >= 0.3 is 0 Å². The van der Waals surface area contributed by atoms with E-state index in [4.69, 9.17) is 6.92 Å². The van der Waals surface area contributed by atoms with Crippen LogP contribution in [0.4, 0.5) is 0 Å². The molecule has 1 N–H and O–H groups in total. The fourth-order valence-electron chi connectivity index (χ4n) is 0.876. The molecule has 12 heavy (non-hydrogen) atoms. The third-order valence-corrected chi connectivity index (χ3v) is 1.44. The number of nitrogens with zero attached hydrogens (tertiary/aromatic N) is 1. The van der Waals surface area contributed by atoms with Crippen LogP contribution in [0.5, 0.6) is 0 Å². The first-order chi connectivity index (χ1) is 5.79. The number of rotatable bonds is 3. The second-order valence-corrected chi connectivity index (χ2v) is 2.40. The molecule has 1 amide bonds. The number of hydrogen-bond donors (Lipinski definition) is 1. The molecule has 0 saturated carbocycles. The van der Waals surface area contributed by atoms with Gasteiger partial charge in [-0.2, -0.15) is 0 Å². The maximum absolute atomic E-state index is 10.3. The molecule has 1 rings (SSSR count). The molecule has 0 aliphatic carbocycles. The lowest BCUT2D eigenvalue weighted by molar-refractivity contribution is -0.116. The third-order valence-electron chi connectivity index (χ3n) is 1.44. The minimum absolute atomic E-state index is 0.487. The number of amides is 1. The lowest BCUT2D eigenvalue weighted by Gasteiger charge is -2.00. The molecule has 0 aliphatic rings. The van der Waals surface area contributed by atoms with Gasteiger partial charge < -0.3 is 5.32 Å². The molecule has 0 aromatic carbocycles. The predicted molar refractivity (Wildman–Crippen MR) is 45.3 cm³/mol. The zero-order valence-corrected chi connectivity index (χ0v) is 6.66. The molecule has 1 aromatic rings. The van der Waals surface area contributed by atoms with Gasteiger partial charge in [0, 0.05) is 18.9 Å². The molecule has 0 unspecified atom stereocenters. The Morgan fingerprint density at radius 3 is 3.08 bits per heavy atom. The summed E-state index contributed by atoms with van der Waals surface area (Å²) in [7, 11) is 0. The molecule has 0 bridgehead atoms. The average Bonchev–Trinajstić information content (AvgIpc) is 2.05. The summed E-state index contributed by atoms with van der Waals surface area (Å²) in [5.74, 6) is -0.487. The number of carbonyl (C=O) groups is 1. The number of pyridine rings is 1. The van der Waals surface area contributed by atoms with Crippen molar-refractivity contribution in [3.63, 3.8) is 0 Å². The highest BCUT2D eigenvalue weighted by molar-refractivity contribution is 5.79. The van der Waals surface area contributed by atoms with Gasteiger partial charge in [-0.05, 0) is 18.1 Å². The van der Waals surface area contributed by atoms with Gasteiger partial charge in [0.25, 0.3) is 0 Å². The second-order valence-electron chi connectivity index (χ2n) is 2.40. The van der Waals surface area contributed by atoms with Crippen molar-refractivity contribution in [2.45, 2.75) is 6.42 Å². The molecule has 3 nitrogen and oxygen atoms in total. The Labute approximate surface area is 71.8 Å². The highest BCUT2D eigenvalue weighted by Gasteiger charge is 1.92. The van der Waals surface area contributed by atoms with Crippen LogP contribution in [0.2, 0.25) is 0 Å². The van der Waals surface area contributed by atoms with Crippen LogP contribution in [0.1, 0.15) is 5.56 Å². The van der Waals surface area contributed by atoms with Gasteiger partial charge in [0.2, 0.25) is 5.91 Å². The van der Waals surface area contributed by atoms with E-state index in [0.29, 0.717) is 6.54 Å². The maximum Gasteiger partial charge on any atom is 0.224 e. The molecule has 0 spiro atoms. The minimum atomic E-state index is -0.487. The number of carbonyl (C=O) groups excluding carboxylic acids is 1. The van der Waals surface area contributed by atoms with Gasteiger partial charge in [-0.3, -0.25) is 9.78 Å². The molecule has 0 atom stereocenters. The molecule has 0 saturated heterocycles. The maximum atomic E-state index is 10.3. The topological polar surface area (TPSA) is 42.0 Å². The fourth-order valence-corrected chi connectivity index (χ4v) is 0.876. The third kappa shape index (κ3) is 3.14. The predicted octanol–water partition coefficient (Wildman–Crippen LogP) is 0.451. The van der Waals surface area contributed by atoms with Crippen LogP contribution in [-0.4, -0.2) is 17.4 Å². The highest BCUT2D eigenvalue weighted by atomic mass is 16.1. The van der Waals surface area contributed by atoms with Crippen LogP contribution in [0.3, 0.4) is 0 Å². The van der Waals surface area contributed by atoms with Crippen molar-refractivity contribution in [2.24, 2.45) is 0 Å². The van der Waals surface area contributed by atoms with E-state index in [9.17, 15) is 4.79 Å². The largest absolute Gasteiger partial charge is 0.355 e. The fraction of sp³-hybridized carbons (Fsp3) is 0.222. The van der Waals surface area contributed by atoms with Gasteiger partial charge in [-0.1, -0.05) is 6.07 Å². The van der Waals surface area contributed by atoms with Crippen molar-refractivity contribution < 1.29 is 4.79 Å². The second kappa shape index (κ2) is 4.49. The summed E-state index contributed by atoms with van der Waals surface area (Å²) in [6.45, 7) is 5.45. The van der Waals surface area contributed by atoms with Gasteiger partial charge in [0.1, 0.15) is 0 Å². The Kier molecular flexibility index (Phi) is 3.26. The molecule has 3 heteroatoms. The zero-order valence-electron chi connectivity index (χ0n) is 6.66. The van der Waals surface area contributed by atoms with Crippen LogP contribution in [0, 0.1) is 6.92 Å². The van der Waals surface area contributed by atoms with Crippen LogP contribution < -0.4 is 5.32 Å². The summed E-state index contributed by atoms with van der Waals surface area (Å²) in [6.07, 6.45) is 4.24. The van der Waals surface area contributed by atoms with E-state index in [1.807, 2.05) is 12.1 Å². The SMILES string of the molecule is [CH]C(=O)NCCc1cccnc1. The summed E-state index contributed by atoms with van der Waals surface area (Å²) in [4.78, 5) is 14.2. The van der Waals surface area contributed by atoms with Crippen molar-refractivity contribution in [2.75, 3.05) is 6.54 Å². The number of nitrogens with one attached hydrogen (secondary N) is 1. The van der Waals surface area contributed by atoms with Crippen LogP contribution in [0.15, 0.2) is 24.5 Å². The molecular formula is C9H10N2O. The summed E-state index contributed by atoms with van der Waals surface area (Å²) in [5.41, 5.74) is 1.09. The van der Waals surface area contributed by atoms with E-state index in [0.717, 1.165) is 12.0 Å². The summed E-state index contributed by atoms with van der Waals surface area (Å²) < 4.78 is 0. The Morgan fingerprint density at radius 2 is 2.50 bits per heavy atom. The molecule has 0 fully saturated rings. The van der Waals surface area contributed by atoms with Crippen LogP contribution in [-0.2, 0) is 11.2 Å². The quantitative estimate of drug-likeness (QED) is 0.701. The van der Waals surface area contributed by atoms with E-state index < -0.39 is 5.91 Å². The average molecular weight is 162 g/mol. The monoisotopic (exact) mass is 162 g/mol. The van der Waals surface area contributed by atoms with Gasteiger partial charge in [0.15, 0.2) is 0 Å². The van der Waals surface area contributed by atoms with Crippen molar-refractivity contribution in [3.05, 3.63) is 37.0 Å². The smallest absolute Gasteiger partial charge is 0.224 e. The lowest BCUT2D eigenvalue weighted by atomic mass is 10.2. The zero-order chi connectivity index (χ0) is 8.81. The number of hydrogen-bond acceptors (Lipinski definition) is 2. The van der Waals surface area contributed by atoms with E-state index in [1.54, 1.807) is 12.4 Å². The summed E-state index contributed by atoms with van der Waals surface area (Å²) in [6, 6.07) is 3.81. The van der Waals surface area contributed by atoms with E-state index in [1.165, 1.54) is 0 Å². The first-order valence-electron chi connectivity index (χ1n) is 3.71. The normalized spacial score (nSPS) is 9.42. The minimum Gasteiger partial charge on any atom is -0.355 e. The first kappa shape index (κ1) is 8.71. The molecule has 0 aliphatic heterocycles. The highest BCUT2D eigenvalue weighted by Crippen LogP contribution is 1.94. The van der Waals surface area contributed by atoms with E-state index in [2.05, 4.69) is 10.3 Å². The van der Waals surface area contributed by atoms with Crippen molar-refractivity contribution in [1.82, 2.24) is 10.3 Å². The number of aromatic nitrogens is 1. The van der Waals surface area contributed by atoms with E-state index >= 15 is 0 Å². The lowest BCUT2D eigenvalue weighted by Crippen LogP contribution is -2.22. The first-order valence-corrected chi connectivity index (χ1v) is 3.71. The van der Waals surface area contributed by atoms with Gasteiger partial charge in [-0.15, -0.1) is 0 Å². The Balaban J connectivity index is 2.29. The Morgan fingerprint density at radius 1 is 1.67 bits per heavy atom. The molecule has 62 valence electrons. The standard InChI is InChI=1S/C9H10N2O/c1-8(12)11-6-4-9-3-2-5-10-7-9/h1-3,5,7H,4,6H2,(H,11,12). The molecule has 1 heterocycles. The van der Waals surface area contributed by atoms with E-state index in [-0.39, 0.29) is 0 Å². The van der Waals surface area contributed by atoms with Crippen LogP contribution >= 0.6 is 0 Å².